The highest BCUT2D eigenvalue weighted by Crippen LogP contribution is 2.48. The molecule has 9 heteroatoms. The number of ether oxygens (including phenoxy) is 1. The molecule has 3 aromatic rings. The number of esters is 1. The summed E-state index contributed by atoms with van der Waals surface area (Å²) in [7, 11) is 0. The van der Waals surface area contributed by atoms with Gasteiger partial charge in [-0.3, -0.25) is 4.79 Å². The van der Waals surface area contributed by atoms with Crippen molar-refractivity contribution in [1.82, 2.24) is 9.55 Å². The van der Waals surface area contributed by atoms with Crippen molar-refractivity contribution in [3.05, 3.63) is 56.1 Å². The molecular weight excluding hydrogens is 445 g/mol. The van der Waals surface area contributed by atoms with E-state index in [9.17, 15) is 24.3 Å². The Kier molecular flexibility index (Phi) is 4.11. The van der Waals surface area contributed by atoms with Gasteiger partial charge in [0.2, 0.25) is 0 Å². The van der Waals surface area contributed by atoms with Crippen LogP contribution in [0.5, 0.6) is 0 Å². The standard InChI is InChI=1S/C24H18FN3O4S/c1-3-24(31)14-4-17-20-12(7-28(17)22(29)13(14)8-32-23(24)30)18-11(6-26)9-33-21-10(2)15(25)5-16(27-20)19(18)21/h4-5,11,31H,3,7-9H2,1-2H3/t11?,24-/m0/s1. The number of pyridine rings is 2. The fraction of sp³-hybridized carbons (Fsp3) is 0.333. The molecule has 0 radical (unpaired) electrons. The van der Waals surface area contributed by atoms with Gasteiger partial charge in [-0.15, -0.1) is 11.8 Å². The van der Waals surface area contributed by atoms with E-state index in [1.165, 1.54) is 17.8 Å². The summed E-state index contributed by atoms with van der Waals surface area (Å²) >= 11 is 1.45. The smallest absolute Gasteiger partial charge is 0.343 e. The number of aromatic nitrogens is 2. The predicted octanol–water partition coefficient (Wildman–Crippen LogP) is 3.24. The zero-order chi connectivity index (χ0) is 23.2. The number of nitrogens with zero attached hydrogens (tertiary/aromatic N) is 3. The Balaban J connectivity index is 1.71. The zero-order valence-corrected chi connectivity index (χ0v) is 18.7. The second kappa shape index (κ2) is 6.65. The molecule has 1 aromatic carbocycles. The number of fused-ring (bicyclic) bond motifs is 5. The molecule has 0 amide bonds. The van der Waals surface area contributed by atoms with Crippen LogP contribution in [-0.4, -0.2) is 26.4 Å². The summed E-state index contributed by atoms with van der Waals surface area (Å²) in [5, 5.41) is 21.7. The highest BCUT2D eigenvalue weighted by molar-refractivity contribution is 7.99. The molecule has 1 unspecified atom stereocenters. The molecule has 3 aliphatic rings. The van der Waals surface area contributed by atoms with Gasteiger partial charge in [-0.2, -0.15) is 5.26 Å². The van der Waals surface area contributed by atoms with E-state index >= 15 is 0 Å². The van der Waals surface area contributed by atoms with Crippen molar-refractivity contribution in [2.45, 2.75) is 49.8 Å². The number of hydrogen-bond acceptors (Lipinski definition) is 7. The van der Waals surface area contributed by atoms with Gasteiger partial charge in [0, 0.05) is 33.2 Å². The van der Waals surface area contributed by atoms with Crippen LogP contribution in [0.2, 0.25) is 0 Å². The Bertz CT molecular complexity index is 1540. The third kappa shape index (κ3) is 2.45. The van der Waals surface area contributed by atoms with Crippen molar-refractivity contribution in [3.63, 3.8) is 0 Å². The molecular formula is C24H18FN3O4S. The lowest BCUT2D eigenvalue weighted by molar-refractivity contribution is -0.172. The second-order valence-corrected chi connectivity index (χ2v) is 9.69. The van der Waals surface area contributed by atoms with Crippen LogP contribution in [0.4, 0.5) is 4.39 Å². The van der Waals surface area contributed by atoms with Crippen molar-refractivity contribution in [3.8, 4) is 17.5 Å². The highest BCUT2D eigenvalue weighted by atomic mass is 32.2. The Morgan fingerprint density at radius 3 is 2.91 bits per heavy atom. The Hall–Kier alpha value is -3.22. The van der Waals surface area contributed by atoms with E-state index in [4.69, 9.17) is 9.72 Å². The van der Waals surface area contributed by atoms with Crippen molar-refractivity contribution in [1.29, 1.82) is 5.26 Å². The number of halogens is 1. The van der Waals surface area contributed by atoms with Gasteiger partial charge in [-0.25, -0.2) is 14.2 Å². The normalized spacial score (nSPS) is 22.4. The van der Waals surface area contributed by atoms with Gasteiger partial charge in [0.15, 0.2) is 5.60 Å². The summed E-state index contributed by atoms with van der Waals surface area (Å²) in [6.45, 7) is 3.37. The third-order valence-corrected chi connectivity index (χ3v) is 8.36. The highest BCUT2D eigenvalue weighted by Gasteiger charge is 2.45. The van der Waals surface area contributed by atoms with Crippen LogP contribution in [0.15, 0.2) is 21.8 Å². The van der Waals surface area contributed by atoms with Crippen LogP contribution in [0.1, 0.15) is 47.1 Å². The van der Waals surface area contributed by atoms with Crippen molar-refractivity contribution in [2.24, 2.45) is 0 Å². The van der Waals surface area contributed by atoms with Crippen LogP contribution in [0, 0.1) is 24.1 Å². The van der Waals surface area contributed by atoms with Gasteiger partial charge < -0.3 is 14.4 Å². The average molecular weight is 463 g/mol. The first-order chi connectivity index (χ1) is 15.8. The first-order valence-corrected chi connectivity index (χ1v) is 11.6. The summed E-state index contributed by atoms with van der Waals surface area (Å²) in [6.07, 6.45) is 0.0482. The van der Waals surface area contributed by atoms with E-state index in [-0.39, 0.29) is 42.1 Å². The van der Waals surface area contributed by atoms with E-state index in [1.807, 2.05) is 0 Å². The maximum Gasteiger partial charge on any atom is 0.343 e. The molecule has 0 saturated heterocycles. The average Bonchev–Trinajstić information content (AvgIpc) is 3.18. The van der Waals surface area contributed by atoms with Crippen molar-refractivity contribution < 1.29 is 19.0 Å². The number of carbonyl (C=O) groups excluding carboxylic acids is 1. The molecule has 1 N–H and O–H groups in total. The minimum absolute atomic E-state index is 0.0482. The van der Waals surface area contributed by atoms with Gasteiger partial charge in [0.05, 0.1) is 41.0 Å². The lowest BCUT2D eigenvalue weighted by atomic mass is 9.86. The van der Waals surface area contributed by atoms with Crippen molar-refractivity contribution >= 4 is 28.6 Å². The molecule has 0 bridgehead atoms. The van der Waals surface area contributed by atoms with Gasteiger partial charge in [-0.1, -0.05) is 6.92 Å². The first kappa shape index (κ1) is 20.4. The molecule has 3 aliphatic heterocycles. The molecule has 166 valence electrons. The Labute approximate surface area is 191 Å². The molecule has 0 aliphatic carbocycles. The minimum atomic E-state index is -1.92. The van der Waals surface area contributed by atoms with Gasteiger partial charge in [0.1, 0.15) is 12.4 Å². The van der Waals surface area contributed by atoms with E-state index < -0.39 is 17.5 Å². The van der Waals surface area contributed by atoms with Crippen molar-refractivity contribution in [2.75, 3.05) is 5.75 Å². The van der Waals surface area contributed by atoms with Crippen LogP contribution < -0.4 is 5.56 Å². The minimum Gasteiger partial charge on any atom is -0.458 e. The lowest BCUT2D eigenvalue weighted by Crippen LogP contribution is -2.44. The summed E-state index contributed by atoms with van der Waals surface area (Å²) in [4.78, 5) is 31.3. The van der Waals surface area contributed by atoms with Gasteiger partial charge >= 0.3 is 5.97 Å². The van der Waals surface area contributed by atoms with E-state index in [1.54, 1.807) is 24.5 Å². The molecule has 2 atom stereocenters. The number of rotatable bonds is 1. The van der Waals surface area contributed by atoms with E-state index in [2.05, 4.69) is 6.07 Å². The number of aliphatic hydroxyl groups is 1. The molecule has 0 fully saturated rings. The number of carbonyl (C=O) groups is 1. The molecule has 0 spiro atoms. The van der Waals surface area contributed by atoms with Crippen LogP contribution in [0.3, 0.4) is 0 Å². The lowest BCUT2D eigenvalue weighted by Gasteiger charge is -2.31. The summed E-state index contributed by atoms with van der Waals surface area (Å²) in [5.74, 6) is -1.10. The Morgan fingerprint density at radius 2 is 2.18 bits per heavy atom. The number of hydrogen-bond donors (Lipinski definition) is 1. The number of nitriles is 1. The van der Waals surface area contributed by atoms with E-state index in [0.29, 0.717) is 28.2 Å². The Morgan fingerprint density at radius 1 is 1.39 bits per heavy atom. The summed E-state index contributed by atoms with van der Waals surface area (Å²) < 4.78 is 21.4. The first-order valence-electron chi connectivity index (χ1n) is 10.6. The van der Waals surface area contributed by atoms with Crippen LogP contribution in [-0.2, 0) is 28.3 Å². The number of benzene rings is 1. The van der Waals surface area contributed by atoms with Gasteiger partial charge in [-0.05, 0) is 30.5 Å². The third-order valence-electron chi connectivity index (χ3n) is 7.06. The second-order valence-electron chi connectivity index (χ2n) is 8.66. The largest absolute Gasteiger partial charge is 0.458 e. The topological polar surface area (TPSA) is 105 Å². The van der Waals surface area contributed by atoms with E-state index in [0.717, 1.165) is 21.4 Å². The fourth-order valence-corrected chi connectivity index (χ4v) is 6.47. The monoisotopic (exact) mass is 463 g/mol. The summed E-state index contributed by atoms with van der Waals surface area (Å²) in [6, 6.07) is 5.36. The molecule has 2 aromatic heterocycles. The number of thioether (sulfide) groups is 1. The SMILES string of the molecule is CC[C@@]1(O)C(=O)OCc2c1cc1n(c2=O)Cc2c-1nc1cc(F)c(C)c3c1c2C(C#N)CS3. The van der Waals surface area contributed by atoms with Crippen LogP contribution >= 0.6 is 11.8 Å². The van der Waals surface area contributed by atoms with Crippen LogP contribution in [0.25, 0.3) is 22.3 Å². The molecule has 5 heterocycles. The molecule has 33 heavy (non-hydrogen) atoms. The molecule has 7 nitrogen and oxygen atoms in total. The predicted molar refractivity (Wildman–Crippen MR) is 118 cm³/mol. The summed E-state index contributed by atoms with van der Waals surface area (Å²) in [5.41, 5.74) is 1.61. The number of cyclic esters (lactones) is 1. The van der Waals surface area contributed by atoms with Gasteiger partial charge in [0.25, 0.3) is 5.56 Å². The molecule has 6 rings (SSSR count). The zero-order valence-electron chi connectivity index (χ0n) is 17.9. The maximum atomic E-state index is 14.7. The fourth-order valence-electron chi connectivity index (χ4n) is 5.23. The quantitative estimate of drug-likeness (QED) is 0.432. The maximum absolute atomic E-state index is 14.7. The molecule has 0 saturated carbocycles.